The highest BCUT2D eigenvalue weighted by Gasteiger charge is 2.08. The average Bonchev–Trinajstić information content (AvgIpc) is 3.17. The number of hydrogen-bond acceptors (Lipinski definition) is 4. The van der Waals surface area contributed by atoms with Gasteiger partial charge in [-0.05, 0) is 23.8 Å². The minimum atomic E-state index is -0.189. The highest BCUT2D eigenvalue weighted by Crippen LogP contribution is 2.14. The van der Waals surface area contributed by atoms with Crippen molar-refractivity contribution in [1.29, 1.82) is 0 Å². The third-order valence-corrected chi connectivity index (χ3v) is 4.61. The SMILES string of the molecule is [C-]#[N+]c1ccc(Cn2cncc2Cc2ccc(-n3cc(Cl)ccc3=O)nc2)cn1. The van der Waals surface area contributed by atoms with Gasteiger partial charge >= 0.3 is 0 Å². The Morgan fingerprint density at radius 3 is 2.55 bits per heavy atom. The third kappa shape index (κ3) is 4.23. The van der Waals surface area contributed by atoms with Gasteiger partial charge in [-0.15, -0.1) is 4.98 Å². The molecule has 0 aliphatic heterocycles. The number of pyridine rings is 3. The first kappa shape index (κ1) is 18.6. The Morgan fingerprint density at radius 1 is 1.00 bits per heavy atom. The van der Waals surface area contributed by atoms with Crippen LogP contribution < -0.4 is 5.56 Å². The van der Waals surface area contributed by atoms with Gasteiger partial charge in [0.1, 0.15) is 12.0 Å². The van der Waals surface area contributed by atoms with Gasteiger partial charge in [-0.2, -0.15) is 0 Å². The maximum Gasteiger partial charge on any atom is 0.269 e. The van der Waals surface area contributed by atoms with Crippen LogP contribution in [0.1, 0.15) is 16.8 Å². The summed E-state index contributed by atoms with van der Waals surface area (Å²) in [5.74, 6) is 0.894. The molecule has 0 N–H and O–H groups in total. The average molecular weight is 403 g/mol. The van der Waals surface area contributed by atoms with Crippen molar-refractivity contribution in [3.63, 3.8) is 0 Å². The van der Waals surface area contributed by atoms with Crippen LogP contribution in [0, 0.1) is 6.57 Å². The summed E-state index contributed by atoms with van der Waals surface area (Å²) in [6.45, 7) is 7.59. The molecule has 4 aromatic rings. The van der Waals surface area contributed by atoms with Gasteiger partial charge in [-0.3, -0.25) is 9.36 Å². The molecule has 0 unspecified atom stereocenters. The summed E-state index contributed by atoms with van der Waals surface area (Å²) in [4.78, 5) is 28.1. The first-order valence-corrected chi connectivity index (χ1v) is 9.15. The van der Waals surface area contributed by atoms with Crippen LogP contribution in [0.25, 0.3) is 10.7 Å². The fraction of sp³-hybridized carbons (Fsp3) is 0.0952. The summed E-state index contributed by atoms with van der Waals surface area (Å²) < 4.78 is 3.44. The van der Waals surface area contributed by atoms with E-state index in [-0.39, 0.29) is 5.56 Å². The molecule has 0 saturated carbocycles. The monoisotopic (exact) mass is 402 g/mol. The molecule has 0 atom stereocenters. The zero-order valence-electron chi connectivity index (χ0n) is 15.2. The van der Waals surface area contributed by atoms with Crippen LogP contribution in [-0.2, 0) is 13.0 Å². The van der Waals surface area contributed by atoms with E-state index in [2.05, 4.69) is 19.8 Å². The lowest BCUT2D eigenvalue weighted by atomic mass is 10.1. The van der Waals surface area contributed by atoms with Crippen molar-refractivity contribution in [2.24, 2.45) is 0 Å². The number of rotatable bonds is 5. The highest BCUT2D eigenvalue weighted by molar-refractivity contribution is 6.30. The first-order valence-electron chi connectivity index (χ1n) is 8.77. The van der Waals surface area contributed by atoms with E-state index in [1.165, 1.54) is 10.6 Å². The van der Waals surface area contributed by atoms with E-state index in [0.29, 0.717) is 29.6 Å². The molecule has 0 bridgehead atoms. The second-order valence-electron chi connectivity index (χ2n) is 6.41. The molecule has 29 heavy (non-hydrogen) atoms. The van der Waals surface area contributed by atoms with Crippen molar-refractivity contribution in [2.75, 3.05) is 0 Å². The molecule has 0 aliphatic carbocycles. The van der Waals surface area contributed by atoms with Crippen LogP contribution in [0.4, 0.5) is 5.82 Å². The smallest absolute Gasteiger partial charge is 0.269 e. The second-order valence-corrected chi connectivity index (χ2v) is 6.84. The number of hydrogen-bond donors (Lipinski definition) is 0. The first-order chi connectivity index (χ1) is 14.1. The maximum atomic E-state index is 12.0. The molecule has 0 fully saturated rings. The lowest BCUT2D eigenvalue weighted by Crippen LogP contribution is -2.17. The van der Waals surface area contributed by atoms with E-state index < -0.39 is 0 Å². The van der Waals surface area contributed by atoms with Gasteiger partial charge < -0.3 is 9.41 Å². The molecule has 0 saturated heterocycles. The van der Waals surface area contributed by atoms with Gasteiger partial charge in [0.15, 0.2) is 0 Å². The third-order valence-electron chi connectivity index (χ3n) is 4.39. The summed E-state index contributed by atoms with van der Waals surface area (Å²) in [6.07, 6.45) is 9.23. The van der Waals surface area contributed by atoms with Gasteiger partial charge in [0.2, 0.25) is 0 Å². The zero-order valence-corrected chi connectivity index (χ0v) is 16.0. The Morgan fingerprint density at radius 2 is 1.83 bits per heavy atom. The van der Waals surface area contributed by atoms with Crippen molar-refractivity contribution >= 4 is 17.4 Å². The van der Waals surface area contributed by atoms with Crippen LogP contribution in [-0.4, -0.2) is 24.1 Å². The quantitative estimate of drug-likeness (QED) is 0.477. The molecule has 0 amide bonds. The van der Waals surface area contributed by atoms with Crippen LogP contribution in [0.2, 0.25) is 5.02 Å². The molecule has 0 radical (unpaired) electrons. The molecular formula is C21H15ClN6O. The van der Waals surface area contributed by atoms with E-state index in [9.17, 15) is 4.79 Å². The van der Waals surface area contributed by atoms with Crippen molar-refractivity contribution in [3.05, 3.63) is 111 Å². The molecule has 4 aromatic heterocycles. The van der Waals surface area contributed by atoms with E-state index in [1.807, 2.05) is 22.9 Å². The Balaban J connectivity index is 1.51. The number of imidazole rings is 1. The maximum absolute atomic E-state index is 12.0. The topological polar surface area (TPSA) is 70.0 Å². The van der Waals surface area contributed by atoms with Crippen molar-refractivity contribution < 1.29 is 0 Å². The van der Waals surface area contributed by atoms with Gasteiger partial charge in [-0.25, -0.2) is 9.97 Å². The van der Waals surface area contributed by atoms with E-state index >= 15 is 0 Å². The van der Waals surface area contributed by atoms with Crippen LogP contribution in [0.3, 0.4) is 0 Å². The lowest BCUT2D eigenvalue weighted by Gasteiger charge is -2.09. The number of nitrogens with zero attached hydrogens (tertiary/aromatic N) is 6. The fourth-order valence-corrected chi connectivity index (χ4v) is 3.08. The summed E-state index contributed by atoms with van der Waals surface area (Å²) in [6, 6.07) is 10.3. The summed E-state index contributed by atoms with van der Waals surface area (Å²) in [5, 5.41) is 0.471. The second kappa shape index (κ2) is 8.09. The zero-order chi connectivity index (χ0) is 20.2. The Bertz CT molecular complexity index is 1240. The van der Waals surface area contributed by atoms with E-state index in [4.69, 9.17) is 18.2 Å². The van der Waals surface area contributed by atoms with Gasteiger partial charge in [-0.1, -0.05) is 30.3 Å². The molecule has 142 valence electrons. The fourth-order valence-electron chi connectivity index (χ4n) is 2.92. The molecule has 8 heteroatoms. The van der Waals surface area contributed by atoms with Crippen LogP contribution in [0.5, 0.6) is 0 Å². The Hall–Kier alpha value is -3.76. The van der Waals surface area contributed by atoms with Gasteiger partial charge in [0, 0.05) is 42.3 Å². The minimum absolute atomic E-state index is 0.189. The normalized spacial score (nSPS) is 10.6. The summed E-state index contributed by atoms with van der Waals surface area (Å²) in [5.41, 5.74) is 2.82. The molecule has 4 heterocycles. The molecule has 0 aromatic carbocycles. The lowest BCUT2D eigenvalue weighted by molar-refractivity contribution is 0.750. The van der Waals surface area contributed by atoms with E-state index in [0.717, 1.165) is 16.8 Å². The summed E-state index contributed by atoms with van der Waals surface area (Å²) in [7, 11) is 0. The van der Waals surface area contributed by atoms with Gasteiger partial charge in [0.25, 0.3) is 11.4 Å². The molecule has 4 rings (SSSR count). The van der Waals surface area contributed by atoms with E-state index in [1.54, 1.807) is 43.1 Å². The molecular weight excluding hydrogens is 388 g/mol. The molecule has 0 aliphatic rings. The minimum Gasteiger partial charge on any atom is -0.361 e. The van der Waals surface area contributed by atoms with Crippen LogP contribution >= 0.6 is 11.6 Å². The largest absolute Gasteiger partial charge is 0.361 e. The predicted molar refractivity (Wildman–Crippen MR) is 109 cm³/mol. The Labute approximate surface area is 171 Å². The highest BCUT2D eigenvalue weighted by atomic mass is 35.5. The Kier molecular flexibility index (Phi) is 5.18. The molecule has 0 spiro atoms. The molecule has 7 nitrogen and oxygen atoms in total. The standard InChI is InChI=1S/C21H15ClN6O/c1-23-19-5-2-16(10-25-19)12-27-14-24-11-18(27)8-15-3-6-20(26-9-15)28-13-17(22)4-7-21(28)29/h2-7,9-11,13-14H,8,12H2. The van der Waals surface area contributed by atoms with Crippen LogP contribution in [0.15, 0.2) is 72.3 Å². The summed E-state index contributed by atoms with van der Waals surface area (Å²) >= 11 is 5.98. The number of halogens is 1. The van der Waals surface area contributed by atoms with Crippen molar-refractivity contribution in [3.8, 4) is 5.82 Å². The predicted octanol–water partition coefficient (Wildman–Crippen LogP) is 3.67. The van der Waals surface area contributed by atoms with Crippen molar-refractivity contribution in [2.45, 2.75) is 13.0 Å². The number of aromatic nitrogens is 5. The van der Waals surface area contributed by atoms with Gasteiger partial charge in [0.05, 0.1) is 17.9 Å². The van der Waals surface area contributed by atoms with Crippen molar-refractivity contribution in [1.82, 2.24) is 24.1 Å².